The maximum absolute atomic E-state index is 9.21. The summed E-state index contributed by atoms with van der Waals surface area (Å²) >= 11 is 0. The molecule has 39 heavy (non-hydrogen) atoms. The topological polar surface area (TPSA) is 92.3 Å². The van der Waals surface area contributed by atoms with Crippen molar-refractivity contribution in [2.75, 3.05) is 38.8 Å². The summed E-state index contributed by atoms with van der Waals surface area (Å²) in [6.07, 6.45) is 9.33. The maximum Gasteiger partial charge on any atom is 0.124 e. The average molecular weight is 548 g/mol. The molecule has 0 radical (unpaired) electrons. The number of rotatable bonds is 10. The minimum absolute atomic E-state index is 0. The summed E-state index contributed by atoms with van der Waals surface area (Å²) in [5.41, 5.74) is 5.36. The summed E-state index contributed by atoms with van der Waals surface area (Å²) in [6, 6.07) is 14.8. The van der Waals surface area contributed by atoms with Gasteiger partial charge in [-0.2, -0.15) is 10.4 Å². The number of benzene rings is 2. The Morgan fingerprint density at radius 3 is 2.54 bits per heavy atom. The summed E-state index contributed by atoms with van der Waals surface area (Å²) in [5.74, 6) is 1.47. The van der Waals surface area contributed by atoms with E-state index in [9.17, 15) is 5.26 Å². The summed E-state index contributed by atoms with van der Waals surface area (Å²) in [6.45, 7) is 2.79. The van der Waals surface area contributed by atoms with Gasteiger partial charge in [-0.25, -0.2) is 4.98 Å². The number of likely N-dealkylation sites (tertiary alicyclic amines) is 1. The highest BCUT2D eigenvalue weighted by molar-refractivity contribution is 5.85. The van der Waals surface area contributed by atoms with Crippen LogP contribution in [0.3, 0.4) is 0 Å². The molecule has 0 unspecified atom stereocenters. The van der Waals surface area contributed by atoms with Gasteiger partial charge in [0.1, 0.15) is 11.5 Å². The number of hydrogen-bond acceptors (Lipinski definition) is 8. The monoisotopic (exact) mass is 547 g/mol. The van der Waals surface area contributed by atoms with Crippen molar-refractivity contribution in [1.82, 2.24) is 24.6 Å². The first-order valence-corrected chi connectivity index (χ1v) is 13.0. The van der Waals surface area contributed by atoms with Gasteiger partial charge in [0.25, 0.3) is 0 Å². The number of fused-ring (bicyclic) bond motifs is 1. The molecule has 0 amide bonds. The number of hydrogen-bond donors (Lipinski definition) is 0. The van der Waals surface area contributed by atoms with Crippen LogP contribution in [0.1, 0.15) is 25.7 Å². The minimum Gasteiger partial charge on any atom is -0.497 e. The standard InChI is InChI=1S/C29H33N7O2.ClH/c1-34-20-21(18-32-34)29-19-31-27-8-7-23(16-28(27)33-29)36(24-14-25(37-2)17-26(15-24)38-3)13-5-12-35-11-4-6-22(35)9-10-30;/h7-8,14-20,22H,4-6,9,11-13H2,1-3H3;1H/t22-;/m0./s1. The van der Waals surface area contributed by atoms with Gasteiger partial charge in [-0.3, -0.25) is 14.6 Å². The molecule has 10 heteroatoms. The van der Waals surface area contributed by atoms with Gasteiger partial charge in [0.05, 0.1) is 55.8 Å². The molecule has 0 spiro atoms. The van der Waals surface area contributed by atoms with Crippen LogP contribution in [0.5, 0.6) is 11.5 Å². The van der Waals surface area contributed by atoms with Gasteiger partial charge in [0, 0.05) is 67.5 Å². The van der Waals surface area contributed by atoms with E-state index in [2.05, 4.69) is 38.1 Å². The van der Waals surface area contributed by atoms with Crippen molar-refractivity contribution in [2.24, 2.45) is 7.05 Å². The molecule has 0 aliphatic carbocycles. The fraction of sp³-hybridized carbons (Fsp3) is 0.379. The van der Waals surface area contributed by atoms with Crippen LogP contribution in [0.15, 0.2) is 55.0 Å². The van der Waals surface area contributed by atoms with Crippen molar-refractivity contribution >= 4 is 34.8 Å². The second kappa shape index (κ2) is 12.8. The van der Waals surface area contributed by atoms with Crippen LogP contribution in [0, 0.1) is 11.3 Å². The number of ether oxygens (including phenoxy) is 2. The zero-order chi connectivity index (χ0) is 26.5. The molecule has 2 aromatic heterocycles. The van der Waals surface area contributed by atoms with E-state index < -0.39 is 0 Å². The molecule has 1 fully saturated rings. The van der Waals surface area contributed by atoms with Crippen molar-refractivity contribution in [1.29, 1.82) is 5.26 Å². The second-order valence-electron chi connectivity index (χ2n) is 9.60. The molecular formula is C29H34ClN7O2. The van der Waals surface area contributed by atoms with Crippen molar-refractivity contribution in [2.45, 2.75) is 31.7 Å². The van der Waals surface area contributed by atoms with Crippen LogP contribution >= 0.6 is 12.4 Å². The number of nitriles is 1. The zero-order valence-corrected chi connectivity index (χ0v) is 23.4. The molecule has 1 aliphatic rings. The van der Waals surface area contributed by atoms with Crippen LogP contribution in [0.25, 0.3) is 22.3 Å². The molecule has 204 valence electrons. The van der Waals surface area contributed by atoms with E-state index >= 15 is 0 Å². The molecule has 1 aliphatic heterocycles. The summed E-state index contributed by atoms with van der Waals surface area (Å²) < 4.78 is 12.9. The van der Waals surface area contributed by atoms with Gasteiger partial charge in [0.2, 0.25) is 0 Å². The highest BCUT2D eigenvalue weighted by Crippen LogP contribution is 2.34. The Kier molecular flexibility index (Phi) is 9.23. The van der Waals surface area contributed by atoms with Crippen molar-refractivity contribution in [3.8, 4) is 28.8 Å². The van der Waals surface area contributed by atoms with Gasteiger partial charge in [-0.1, -0.05) is 0 Å². The summed E-state index contributed by atoms with van der Waals surface area (Å²) in [4.78, 5) is 14.3. The van der Waals surface area contributed by atoms with Gasteiger partial charge < -0.3 is 14.4 Å². The lowest BCUT2D eigenvalue weighted by molar-refractivity contribution is 0.255. The van der Waals surface area contributed by atoms with E-state index in [1.165, 1.54) is 0 Å². The predicted octanol–water partition coefficient (Wildman–Crippen LogP) is 5.38. The van der Waals surface area contributed by atoms with Crippen molar-refractivity contribution < 1.29 is 9.47 Å². The predicted molar refractivity (Wildman–Crippen MR) is 155 cm³/mol. The molecule has 1 saturated heterocycles. The maximum atomic E-state index is 9.21. The van der Waals surface area contributed by atoms with E-state index in [1.54, 1.807) is 31.3 Å². The average Bonchev–Trinajstić information content (AvgIpc) is 3.59. The summed E-state index contributed by atoms with van der Waals surface area (Å²) in [5, 5.41) is 13.5. The van der Waals surface area contributed by atoms with E-state index in [1.807, 2.05) is 37.5 Å². The normalized spacial score (nSPS) is 15.1. The number of methoxy groups -OCH3 is 2. The number of halogens is 1. The first kappa shape index (κ1) is 28.1. The Labute approximate surface area is 235 Å². The first-order valence-electron chi connectivity index (χ1n) is 13.0. The zero-order valence-electron chi connectivity index (χ0n) is 22.6. The first-order chi connectivity index (χ1) is 18.6. The van der Waals surface area contributed by atoms with Crippen LogP contribution in [-0.4, -0.2) is 64.5 Å². The number of anilines is 2. The number of nitrogens with zero attached hydrogens (tertiary/aromatic N) is 7. The highest BCUT2D eigenvalue weighted by atomic mass is 35.5. The Hall–Kier alpha value is -3.87. The molecular weight excluding hydrogens is 514 g/mol. The SMILES string of the molecule is COc1cc(OC)cc(N(CCCN2CCC[C@H]2CC#N)c2ccc3ncc(-c4cnn(C)c4)nc3c2)c1.Cl. The van der Waals surface area contributed by atoms with Crippen LogP contribution in [-0.2, 0) is 7.05 Å². The van der Waals surface area contributed by atoms with E-state index in [0.29, 0.717) is 12.5 Å². The fourth-order valence-corrected chi connectivity index (χ4v) is 5.17. The molecule has 1 atom stereocenters. The quantitative estimate of drug-likeness (QED) is 0.261. The number of aryl methyl sites for hydroxylation is 1. The molecule has 9 nitrogen and oxygen atoms in total. The third kappa shape index (κ3) is 6.41. The van der Waals surface area contributed by atoms with Crippen LogP contribution in [0.4, 0.5) is 11.4 Å². The Morgan fingerprint density at radius 2 is 1.85 bits per heavy atom. The molecule has 0 bridgehead atoms. The summed E-state index contributed by atoms with van der Waals surface area (Å²) in [7, 11) is 5.22. The lowest BCUT2D eigenvalue weighted by Crippen LogP contribution is -2.32. The minimum atomic E-state index is 0. The number of aromatic nitrogens is 4. The van der Waals surface area contributed by atoms with E-state index in [4.69, 9.17) is 14.5 Å². The highest BCUT2D eigenvalue weighted by Gasteiger charge is 2.24. The molecule has 2 aromatic carbocycles. The third-order valence-corrected chi connectivity index (χ3v) is 7.14. The molecule has 4 aromatic rings. The Bertz CT molecular complexity index is 1430. The van der Waals surface area contributed by atoms with E-state index in [-0.39, 0.29) is 12.4 Å². The largest absolute Gasteiger partial charge is 0.497 e. The van der Waals surface area contributed by atoms with Gasteiger partial charge in [-0.15, -0.1) is 12.4 Å². The van der Waals surface area contributed by atoms with Gasteiger partial charge in [0.15, 0.2) is 0 Å². The van der Waals surface area contributed by atoms with Crippen molar-refractivity contribution in [3.63, 3.8) is 0 Å². The van der Waals surface area contributed by atoms with Gasteiger partial charge in [-0.05, 0) is 44.0 Å². The molecule has 5 rings (SSSR count). The fourth-order valence-electron chi connectivity index (χ4n) is 5.17. The lowest BCUT2D eigenvalue weighted by Gasteiger charge is -2.28. The molecule has 0 N–H and O–H groups in total. The Morgan fingerprint density at radius 1 is 1.05 bits per heavy atom. The van der Waals surface area contributed by atoms with Crippen molar-refractivity contribution in [3.05, 3.63) is 55.0 Å². The lowest BCUT2D eigenvalue weighted by atomic mass is 10.1. The Balaban J connectivity index is 0.00000353. The third-order valence-electron chi connectivity index (χ3n) is 7.14. The molecule has 3 heterocycles. The second-order valence-corrected chi connectivity index (χ2v) is 9.60. The van der Waals surface area contributed by atoms with E-state index in [0.717, 1.165) is 84.1 Å². The van der Waals surface area contributed by atoms with Crippen LogP contribution < -0.4 is 14.4 Å². The van der Waals surface area contributed by atoms with Gasteiger partial charge >= 0.3 is 0 Å². The smallest absolute Gasteiger partial charge is 0.124 e. The molecule has 0 saturated carbocycles. The van der Waals surface area contributed by atoms with Crippen LogP contribution in [0.2, 0.25) is 0 Å².